The molecule has 0 N–H and O–H groups in total. The standard InChI is InChI=1S/C19H29N3O3/c1-15-7-5-8-16(13-15)18(20(2)3)19(24)22-10-6-9-21(11-12-22)17(23)14-25-4/h5,7-8,13,18H,6,9-12,14H2,1-4H3/t18-/m1/s1. The lowest BCUT2D eigenvalue weighted by atomic mass is 10.0. The van der Waals surface area contributed by atoms with Gasteiger partial charge in [0.25, 0.3) is 0 Å². The lowest BCUT2D eigenvalue weighted by molar-refractivity contribution is -0.138. The van der Waals surface area contributed by atoms with E-state index in [0.717, 1.165) is 17.5 Å². The number of likely N-dealkylation sites (N-methyl/N-ethyl adjacent to an activating group) is 1. The van der Waals surface area contributed by atoms with E-state index in [1.165, 1.54) is 7.11 Å². The van der Waals surface area contributed by atoms with E-state index in [1.807, 2.05) is 49.0 Å². The van der Waals surface area contributed by atoms with E-state index in [9.17, 15) is 9.59 Å². The van der Waals surface area contributed by atoms with E-state index in [0.29, 0.717) is 26.2 Å². The molecule has 1 fully saturated rings. The molecule has 0 aliphatic carbocycles. The largest absolute Gasteiger partial charge is 0.375 e. The summed E-state index contributed by atoms with van der Waals surface area (Å²) in [5, 5.41) is 0. The molecular formula is C19H29N3O3. The van der Waals surface area contributed by atoms with Crippen molar-refractivity contribution in [3.63, 3.8) is 0 Å². The van der Waals surface area contributed by atoms with Gasteiger partial charge in [0.05, 0.1) is 0 Å². The van der Waals surface area contributed by atoms with E-state index in [4.69, 9.17) is 4.74 Å². The molecule has 1 aliphatic heterocycles. The van der Waals surface area contributed by atoms with Crippen LogP contribution in [0.4, 0.5) is 0 Å². The predicted molar refractivity (Wildman–Crippen MR) is 97.3 cm³/mol. The van der Waals surface area contributed by atoms with Crippen LogP contribution in [0.1, 0.15) is 23.6 Å². The number of aryl methyl sites for hydroxylation is 1. The maximum absolute atomic E-state index is 13.2. The normalized spacial score (nSPS) is 16.7. The zero-order valence-electron chi connectivity index (χ0n) is 15.7. The quantitative estimate of drug-likeness (QED) is 0.806. The summed E-state index contributed by atoms with van der Waals surface area (Å²) in [5.41, 5.74) is 2.15. The Kier molecular flexibility index (Phi) is 6.96. The van der Waals surface area contributed by atoms with Crippen molar-refractivity contribution in [2.75, 3.05) is 54.0 Å². The van der Waals surface area contributed by atoms with Gasteiger partial charge in [0.15, 0.2) is 0 Å². The van der Waals surface area contributed by atoms with Crippen molar-refractivity contribution < 1.29 is 14.3 Å². The Hall–Kier alpha value is -1.92. The fraction of sp³-hybridized carbons (Fsp3) is 0.579. The Morgan fingerprint density at radius 2 is 1.84 bits per heavy atom. The smallest absolute Gasteiger partial charge is 0.248 e. The highest BCUT2D eigenvalue weighted by Gasteiger charge is 2.29. The molecule has 0 unspecified atom stereocenters. The van der Waals surface area contributed by atoms with Crippen molar-refractivity contribution in [2.24, 2.45) is 0 Å². The second kappa shape index (κ2) is 8.97. The van der Waals surface area contributed by atoms with Gasteiger partial charge in [-0.25, -0.2) is 0 Å². The van der Waals surface area contributed by atoms with Crippen molar-refractivity contribution in [2.45, 2.75) is 19.4 Å². The first-order chi connectivity index (χ1) is 11.9. The van der Waals surface area contributed by atoms with E-state index in [1.54, 1.807) is 4.90 Å². The first-order valence-electron chi connectivity index (χ1n) is 8.72. The average molecular weight is 347 g/mol. The number of rotatable bonds is 5. The van der Waals surface area contributed by atoms with Gasteiger partial charge in [-0.2, -0.15) is 0 Å². The zero-order valence-corrected chi connectivity index (χ0v) is 15.7. The third-order valence-corrected chi connectivity index (χ3v) is 4.54. The van der Waals surface area contributed by atoms with Crippen LogP contribution in [0.3, 0.4) is 0 Å². The van der Waals surface area contributed by atoms with Crippen LogP contribution in [0, 0.1) is 6.92 Å². The van der Waals surface area contributed by atoms with Crippen molar-refractivity contribution in [1.82, 2.24) is 14.7 Å². The molecule has 2 rings (SSSR count). The maximum Gasteiger partial charge on any atom is 0.248 e. The van der Waals surface area contributed by atoms with Gasteiger partial charge >= 0.3 is 0 Å². The highest BCUT2D eigenvalue weighted by molar-refractivity contribution is 5.83. The van der Waals surface area contributed by atoms with Gasteiger partial charge in [0.1, 0.15) is 12.6 Å². The van der Waals surface area contributed by atoms with Crippen LogP contribution in [0.5, 0.6) is 0 Å². The Labute approximate surface area is 150 Å². The Bertz CT molecular complexity index is 603. The third-order valence-electron chi connectivity index (χ3n) is 4.54. The third kappa shape index (κ3) is 5.03. The molecule has 6 heteroatoms. The molecule has 0 bridgehead atoms. The molecule has 25 heavy (non-hydrogen) atoms. The molecule has 6 nitrogen and oxygen atoms in total. The molecule has 1 aromatic carbocycles. The summed E-state index contributed by atoms with van der Waals surface area (Å²) in [6, 6.07) is 7.78. The molecule has 2 amide bonds. The first-order valence-corrected chi connectivity index (χ1v) is 8.72. The number of ether oxygens (including phenoxy) is 1. The summed E-state index contributed by atoms with van der Waals surface area (Å²) in [7, 11) is 5.38. The predicted octanol–water partition coefficient (Wildman–Crippen LogP) is 1.31. The fourth-order valence-corrected chi connectivity index (χ4v) is 3.28. The van der Waals surface area contributed by atoms with E-state index in [-0.39, 0.29) is 24.5 Å². The van der Waals surface area contributed by atoms with Gasteiger partial charge in [-0.15, -0.1) is 0 Å². The fourth-order valence-electron chi connectivity index (χ4n) is 3.28. The van der Waals surface area contributed by atoms with Crippen LogP contribution in [0.25, 0.3) is 0 Å². The number of hydrogen-bond donors (Lipinski definition) is 0. The van der Waals surface area contributed by atoms with E-state index >= 15 is 0 Å². The highest BCUT2D eigenvalue weighted by atomic mass is 16.5. The highest BCUT2D eigenvalue weighted by Crippen LogP contribution is 2.22. The number of benzene rings is 1. The van der Waals surface area contributed by atoms with Gasteiger partial charge in [0, 0.05) is 33.3 Å². The summed E-state index contributed by atoms with van der Waals surface area (Å²) in [6.07, 6.45) is 0.787. The lowest BCUT2D eigenvalue weighted by Gasteiger charge is -2.30. The van der Waals surface area contributed by atoms with Crippen LogP contribution < -0.4 is 0 Å². The minimum Gasteiger partial charge on any atom is -0.375 e. The van der Waals surface area contributed by atoms with E-state index in [2.05, 4.69) is 6.07 Å². The van der Waals surface area contributed by atoms with E-state index < -0.39 is 0 Å². The van der Waals surface area contributed by atoms with Gasteiger partial charge in [-0.3, -0.25) is 14.5 Å². The monoisotopic (exact) mass is 347 g/mol. The molecule has 1 atom stereocenters. The topological polar surface area (TPSA) is 53.1 Å². The molecule has 0 spiro atoms. The molecule has 1 aromatic rings. The number of methoxy groups -OCH3 is 1. The minimum atomic E-state index is -0.305. The number of carbonyl (C=O) groups excluding carboxylic acids is 2. The number of amides is 2. The van der Waals surface area contributed by atoms with Crippen LogP contribution >= 0.6 is 0 Å². The second-order valence-electron chi connectivity index (χ2n) is 6.77. The molecule has 1 saturated heterocycles. The Morgan fingerprint density at radius 3 is 2.48 bits per heavy atom. The van der Waals surface area contributed by atoms with Crippen molar-refractivity contribution in [1.29, 1.82) is 0 Å². The Morgan fingerprint density at radius 1 is 1.16 bits per heavy atom. The van der Waals surface area contributed by atoms with Gasteiger partial charge in [0.2, 0.25) is 11.8 Å². The molecule has 1 heterocycles. The van der Waals surface area contributed by atoms with Crippen molar-refractivity contribution in [3.05, 3.63) is 35.4 Å². The SMILES string of the molecule is COCC(=O)N1CCCN(C(=O)[C@@H](c2cccc(C)c2)N(C)C)CC1. The first kappa shape index (κ1) is 19.4. The molecule has 0 saturated carbocycles. The maximum atomic E-state index is 13.2. The Balaban J connectivity index is 2.10. The minimum absolute atomic E-state index is 0.0142. The molecule has 138 valence electrons. The van der Waals surface area contributed by atoms with Crippen LogP contribution in [0.15, 0.2) is 24.3 Å². The number of hydrogen-bond acceptors (Lipinski definition) is 4. The zero-order chi connectivity index (χ0) is 18.4. The van der Waals surface area contributed by atoms with Gasteiger partial charge < -0.3 is 14.5 Å². The molecule has 1 aliphatic rings. The summed E-state index contributed by atoms with van der Waals surface area (Å²) in [6.45, 7) is 4.59. The van der Waals surface area contributed by atoms with Crippen LogP contribution in [-0.4, -0.2) is 80.5 Å². The molecule has 0 radical (unpaired) electrons. The number of nitrogens with zero attached hydrogens (tertiary/aromatic N) is 3. The lowest BCUT2D eigenvalue weighted by Crippen LogP contribution is -2.43. The van der Waals surface area contributed by atoms with Crippen molar-refractivity contribution in [3.8, 4) is 0 Å². The summed E-state index contributed by atoms with van der Waals surface area (Å²) in [4.78, 5) is 30.8. The second-order valence-corrected chi connectivity index (χ2v) is 6.77. The summed E-state index contributed by atoms with van der Waals surface area (Å²) < 4.78 is 4.93. The van der Waals surface area contributed by atoms with Gasteiger partial charge in [-0.1, -0.05) is 29.8 Å². The van der Waals surface area contributed by atoms with Crippen LogP contribution in [-0.2, 0) is 14.3 Å². The summed E-state index contributed by atoms with van der Waals surface area (Å²) >= 11 is 0. The van der Waals surface area contributed by atoms with Crippen molar-refractivity contribution >= 4 is 11.8 Å². The van der Waals surface area contributed by atoms with Gasteiger partial charge in [-0.05, 0) is 33.0 Å². The molecular weight excluding hydrogens is 318 g/mol. The van der Waals surface area contributed by atoms with Crippen LogP contribution in [0.2, 0.25) is 0 Å². The average Bonchev–Trinajstić information content (AvgIpc) is 2.81. The molecule has 0 aromatic heterocycles. The summed E-state index contributed by atoms with van der Waals surface area (Å²) in [5.74, 6) is 0.0799. The number of carbonyl (C=O) groups is 2.